The summed E-state index contributed by atoms with van der Waals surface area (Å²) in [5.41, 5.74) is 9.40. The third-order valence-electron chi connectivity index (χ3n) is 8.21. The molecule has 7 nitrogen and oxygen atoms in total. The van der Waals surface area contributed by atoms with Crippen molar-refractivity contribution in [3.63, 3.8) is 0 Å². The van der Waals surface area contributed by atoms with Crippen LogP contribution in [-0.4, -0.2) is 46.6 Å². The van der Waals surface area contributed by atoms with E-state index in [9.17, 15) is 18.0 Å². The molecule has 2 aliphatic rings. The van der Waals surface area contributed by atoms with Crippen molar-refractivity contribution in [2.75, 3.05) is 25.0 Å². The second-order valence-electron chi connectivity index (χ2n) is 11.8. The maximum absolute atomic E-state index is 14.3. The molecule has 10 heteroatoms. The number of aromatic nitrogens is 2. The number of anilines is 1. The van der Waals surface area contributed by atoms with Crippen molar-refractivity contribution >= 4 is 11.7 Å². The molecular weight excluding hydrogens is 531 g/mol. The first-order valence-electron chi connectivity index (χ1n) is 14.3. The summed E-state index contributed by atoms with van der Waals surface area (Å²) in [5.74, 6) is 1.02. The third kappa shape index (κ3) is 5.93. The van der Waals surface area contributed by atoms with Crippen LogP contribution in [0.1, 0.15) is 56.4 Å². The zero-order chi connectivity index (χ0) is 29.4. The van der Waals surface area contributed by atoms with Gasteiger partial charge < -0.3 is 15.8 Å². The Morgan fingerprint density at radius 1 is 1.15 bits per heavy atom. The Morgan fingerprint density at radius 2 is 1.85 bits per heavy atom. The van der Waals surface area contributed by atoms with Gasteiger partial charge in [0.1, 0.15) is 11.4 Å². The van der Waals surface area contributed by atoms with Crippen LogP contribution in [0.15, 0.2) is 42.5 Å². The number of nitrogens with two attached hydrogens (primary N) is 1. The number of alkyl halides is 3. The van der Waals surface area contributed by atoms with Crippen molar-refractivity contribution in [3.8, 4) is 22.7 Å². The van der Waals surface area contributed by atoms with Gasteiger partial charge in [-0.2, -0.15) is 18.3 Å². The van der Waals surface area contributed by atoms with Crippen LogP contribution in [0.25, 0.3) is 16.9 Å². The van der Waals surface area contributed by atoms with Crippen LogP contribution in [0.3, 0.4) is 0 Å². The van der Waals surface area contributed by atoms with Crippen molar-refractivity contribution in [2.24, 2.45) is 17.1 Å². The van der Waals surface area contributed by atoms with E-state index >= 15 is 0 Å². The van der Waals surface area contributed by atoms with Gasteiger partial charge >= 0.3 is 12.2 Å². The number of carbonyl (C=O) groups excluding carboxylic acids is 1. The quantitative estimate of drug-likeness (QED) is 0.311. The van der Waals surface area contributed by atoms with E-state index in [0.29, 0.717) is 56.3 Å². The Bertz CT molecular complexity index is 1390. The SMILES string of the molecule is Cc1cccc(OCC(C)C)c1-n1nc2c(c1-c1ccc(NC(N)=O)cc1)CN(CC1(C(F)(F)F)CCCC1)CC2. The van der Waals surface area contributed by atoms with Gasteiger partial charge in [-0.1, -0.05) is 51.0 Å². The van der Waals surface area contributed by atoms with Crippen molar-refractivity contribution in [3.05, 3.63) is 59.3 Å². The van der Waals surface area contributed by atoms with E-state index in [-0.39, 0.29) is 19.4 Å². The molecule has 5 rings (SSSR count). The number of para-hydroxylation sites is 1. The Balaban J connectivity index is 1.59. The number of urea groups is 1. The van der Waals surface area contributed by atoms with Gasteiger partial charge in [0.05, 0.1) is 23.4 Å². The van der Waals surface area contributed by atoms with Crippen LogP contribution < -0.4 is 15.8 Å². The molecule has 1 aliphatic carbocycles. The molecule has 0 saturated heterocycles. The van der Waals surface area contributed by atoms with Crippen LogP contribution in [0, 0.1) is 18.3 Å². The molecule has 0 atom stereocenters. The Morgan fingerprint density at radius 3 is 2.49 bits per heavy atom. The van der Waals surface area contributed by atoms with Gasteiger partial charge in [-0.25, -0.2) is 9.48 Å². The molecule has 0 unspecified atom stereocenters. The van der Waals surface area contributed by atoms with E-state index in [0.717, 1.165) is 33.8 Å². The number of hydrogen-bond acceptors (Lipinski definition) is 4. The van der Waals surface area contributed by atoms with E-state index < -0.39 is 17.6 Å². The molecule has 0 spiro atoms. The highest BCUT2D eigenvalue weighted by molar-refractivity contribution is 5.88. The molecule has 0 radical (unpaired) electrons. The average molecular weight is 570 g/mol. The summed E-state index contributed by atoms with van der Waals surface area (Å²) < 4.78 is 51.0. The molecule has 220 valence electrons. The van der Waals surface area contributed by atoms with Crippen LogP contribution in [-0.2, 0) is 13.0 Å². The summed E-state index contributed by atoms with van der Waals surface area (Å²) in [7, 11) is 0. The lowest BCUT2D eigenvalue weighted by atomic mass is 9.84. The Labute approximate surface area is 238 Å². The van der Waals surface area contributed by atoms with Crippen LogP contribution in [0.4, 0.5) is 23.7 Å². The van der Waals surface area contributed by atoms with E-state index in [1.807, 2.05) is 46.8 Å². The second kappa shape index (κ2) is 11.4. The fourth-order valence-corrected chi connectivity index (χ4v) is 6.16. The maximum Gasteiger partial charge on any atom is 0.395 e. The van der Waals surface area contributed by atoms with E-state index in [1.54, 1.807) is 12.1 Å². The number of carbonyl (C=O) groups is 1. The number of benzene rings is 2. The first-order valence-corrected chi connectivity index (χ1v) is 14.3. The lowest BCUT2D eigenvalue weighted by Crippen LogP contribution is -2.47. The van der Waals surface area contributed by atoms with Crippen LogP contribution in [0.5, 0.6) is 5.75 Å². The smallest absolute Gasteiger partial charge is 0.395 e. The monoisotopic (exact) mass is 569 g/mol. The summed E-state index contributed by atoms with van der Waals surface area (Å²) >= 11 is 0. The lowest BCUT2D eigenvalue weighted by Gasteiger charge is -2.38. The molecule has 2 aromatic carbocycles. The number of aryl methyl sites for hydroxylation is 1. The minimum Gasteiger partial charge on any atom is -0.491 e. The molecule has 3 N–H and O–H groups in total. The third-order valence-corrected chi connectivity index (χ3v) is 8.21. The minimum atomic E-state index is -4.23. The fraction of sp³-hybridized carbons (Fsp3) is 0.484. The van der Waals surface area contributed by atoms with Gasteiger partial charge in [-0.15, -0.1) is 0 Å². The topological polar surface area (TPSA) is 85.4 Å². The first-order chi connectivity index (χ1) is 19.5. The summed E-state index contributed by atoms with van der Waals surface area (Å²) in [6.45, 7) is 7.60. The molecule has 1 saturated carbocycles. The van der Waals surface area contributed by atoms with Crippen LogP contribution >= 0.6 is 0 Å². The predicted octanol–water partition coefficient (Wildman–Crippen LogP) is 6.85. The van der Waals surface area contributed by atoms with Crippen molar-refractivity contribution in [1.82, 2.24) is 14.7 Å². The lowest BCUT2D eigenvalue weighted by molar-refractivity contribution is -0.228. The van der Waals surface area contributed by atoms with E-state index in [4.69, 9.17) is 15.6 Å². The summed E-state index contributed by atoms with van der Waals surface area (Å²) in [6.07, 6.45) is -2.09. The number of nitrogens with one attached hydrogen (secondary N) is 1. The average Bonchev–Trinajstić information content (AvgIpc) is 3.53. The zero-order valence-electron chi connectivity index (χ0n) is 23.9. The standard InChI is InChI=1S/C31H38F3N5O2/c1-20(2)18-41-26-8-6-7-21(3)27(26)39-28(22-9-11-23(12-10-22)36-29(35)40)24-17-38(16-13-25(24)37-39)19-30(31(32,33)34)14-4-5-15-30/h6-12,20H,4-5,13-19H2,1-3H3,(H3,35,36,40). The molecule has 3 aromatic rings. The normalized spacial score (nSPS) is 17.0. The molecule has 41 heavy (non-hydrogen) atoms. The minimum absolute atomic E-state index is 0.00482. The van der Waals surface area contributed by atoms with Gasteiger partial charge in [0.25, 0.3) is 0 Å². The molecule has 2 heterocycles. The van der Waals surface area contributed by atoms with Gasteiger partial charge in [0.2, 0.25) is 0 Å². The maximum atomic E-state index is 14.3. The summed E-state index contributed by atoms with van der Waals surface area (Å²) in [5, 5.41) is 7.63. The zero-order valence-corrected chi connectivity index (χ0v) is 23.9. The number of amides is 2. The predicted molar refractivity (Wildman–Crippen MR) is 153 cm³/mol. The molecule has 0 bridgehead atoms. The van der Waals surface area contributed by atoms with Gasteiger partial charge in [-0.05, 0) is 49.4 Å². The highest BCUT2D eigenvalue weighted by Gasteiger charge is 2.56. The van der Waals surface area contributed by atoms with Crippen molar-refractivity contribution < 1.29 is 22.7 Å². The van der Waals surface area contributed by atoms with Gasteiger partial charge in [-0.3, -0.25) is 4.90 Å². The second-order valence-corrected chi connectivity index (χ2v) is 11.8. The highest BCUT2D eigenvalue weighted by Crippen LogP contribution is 2.51. The van der Waals surface area contributed by atoms with Gasteiger partial charge in [0, 0.05) is 42.9 Å². The summed E-state index contributed by atoms with van der Waals surface area (Å²) in [6, 6.07) is 12.5. The number of rotatable bonds is 8. The number of ether oxygens (including phenoxy) is 1. The molecular formula is C31H38F3N5O2. The number of nitrogens with zero attached hydrogens (tertiary/aromatic N) is 3. The number of halogens is 3. The van der Waals surface area contributed by atoms with Crippen molar-refractivity contribution in [1.29, 1.82) is 0 Å². The number of primary amides is 1. The molecule has 2 amide bonds. The van der Waals surface area contributed by atoms with Crippen molar-refractivity contribution in [2.45, 2.75) is 65.6 Å². The summed E-state index contributed by atoms with van der Waals surface area (Å²) in [4.78, 5) is 13.3. The molecule has 1 aliphatic heterocycles. The van der Waals surface area contributed by atoms with E-state index in [2.05, 4.69) is 19.2 Å². The highest BCUT2D eigenvalue weighted by atomic mass is 19.4. The van der Waals surface area contributed by atoms with Crippen LogP contribution in [0.2, 0.25) is 0 Å². The largest absolute Gasteiger partial charge is 0.491 e. The molecule has 1 fully saturated rings. The van der Waals surface area contributed by atoms with E-state index in [1.165, 1.54) is 0 Å². The first kappa shape index (κ1) is 29.0. The van der Waals surface area contributed by atoms with Gasteiger partial charge in [0.15, 0.2) is 0 Å². The number of hydrogen-bond donors (Lipinski definition) is 2. The fourth-order valence-electron chi connectivity index (χ4n) is 6.16. The Hall–Kier alpha value is -3.53. The Kier molecular flexibility index (Phi) is 8.05. The number of fused-ring (bicyclic) bond motifs is 1. The molecule has 1 aromatic heterocycles.